The molecule has 3 saturated carbocycles. The van der Waals surface area contributed by atoms with Gasteiger partial charge in [-0.3, -0.25) is 9.59 Å². The summed E-state index contributed by atoms with van der Waals surface area (Å²) < 4.78 is 19.0. The zero-order chi connectivity index (χ0) is 27.9. The molecule has 1 aromatic carbocycles. The molecule has 0 heterocycles. The van der Waals surface area contributed by atoms with Crippen LogP contribution in [0.4, 0.5) is 4.39 Å². The molecule has 7 atom stereocenters. The highest BCUT2D eigenvalue weighted by Gasteiger charge is 2.59. The van der Waals surface area contributed by atoms with Crippen molar-refractivity contribution in [1.29, 1.82) is 5.26 Å². The summed E-state index contributed by atoms with van der Waals surface area (Å²) in [6.07, 6.45) is 14.1. The Kier molecular flexibility index (Phi) is 7.31. The molecule has 6 heteroatoms. The van der Waals surface area contributed by atoms with Gasteiger partial charge >= 0.3 is 5.97 Å². The summed E-state index contributed by atoms with van der Waals surface area (Å²) in [5.41, 5.74) is 8.82. The van der Waals surface area contributed by atoms with Crippen LogP contribution in [0.3, 0.4) is 0 Å². The molecule has 0 bridgehead atoms. The second-order valence-corrected chi connectivity index (χ2v) is 12.6. The minimum absolute atomic E-state index is 0.0121. The number of hydrogen-bond donors (Lipinski definition) is 1. The van der Waals surface area contributed by atoms with Crippen LogP contribution < -0.4 is 5.73 Å². The molecule has 39 heavy (non-hydrogen) atoms. The van der Waals surface area contributed by atoms with E-state index in [1.54, 1.807) is 12.1 Å². The number of fused-ring (bicyclic) bond motifs is 5. The lowest BCUT2D eigenvalue weighted by Gasteiger charge is -2.58. The Morgan fingerprint density at radius 2 is 1.85 bits per heavy atom. The minimum Gasteiger partial charge on any atom is -0.462 e. The summed E-state index contributed by atoms with van der Waals surface area (Å²) in [4.78, 5) is 24.0. The van der Waals surface area contributed by atoms with Gasteiger partial charge in [0.15, 0.2) is 0 Å². The van der Waals surface area contributed by atoms with Gasteiger partial charge in [-0.1, -0.05) is 49.8 Å². The number of nitrogens with zero attached hydrogens (tertiary/aromatic N) is 1. The summed E-state index contributed by atoms with van der Waals surface area (Å²) in [7, 11) is 0. The molecule has 1 amide bonds. The average Bonchev–Trinajstić information content (AvgIpc) is 3.24. The van der Waals surface area contributed by atoms with Crippen LogP contribution in [0, 0.1) is 51.6 Å². The van der Waals surface area contributed by atoms with Crippen LogP contribution in [0.2, 0.25) is 0 Å². The van der Waals surface area contributed by atoms with Crippen LogP contribution in [0.15, 0.2) is 53.1 Å². The molecular weight excluding hydrogens is 491 g/mol. The Morgan fingerprint density at radius 1 is 1.10 bits per heavy atom. The van der Waals surface area contributed by atoms with Gasteiger partial charge in [0.05, 0.1) is 0 Å². The predicted molar refractivity (Wildman–Crippen MR) is 148 cm³/mol. The largest absolute Gasteiger partial charge is 0.462 e. The Labute approximate surface area is 231 Å². The highest BCUT2D eigenvalue weighted by atomic mass is 19.1. The standard InChI is InChI=1S/C33H39FN2O3/c1-20(37)39-24-14-16-32(2)22(18-24)7-11-26-29-13-12-28(33(29,3)17-15-30(26)32)25(27(19-35)31(36)38)10-6-21-4-8-23(34)9-5-21/h4-10,24,26,28-30H,11-18H2,1-3H3,(H2,36,38)/b10-6+,27-25+/t24-,26-,28+,29-,30-,32-,33+/m0/s1. The van der Waals surface area contributed by atoms with E-state index in [0.29, 0.717) is 17.8 Å². The Morgan fingerprint density at radius 3 is 2.51 bits per heavy atom. The zero-order valence-electron chi connectivity index (χ0n) is 23.2. The van der Waals surface area contributed by atoms with Crippen LogP contribution in [-0.4, -0.2) is 18.0 Å². The molecule has 0 saturated heterocycles. The van der Waals surface area contributed by atoms with Crippen molar-refractivity contribution in [2.45, 2.75) is 78.2 Å². The molecule has 2 N–H and O–H groups in total. The van der Waals surface area contributed by atoms with Crippen molar-refractivity contribution < 1.29 is 18.7 Å². The van der Waals surface area contributed by atoms with Crippen molar-refractivity contribution in [3.63, 3.8) is 0 Å². The van der Waals surface area contributed by atoms with Gasteiger partial charge in [0.1, 0.15) is 23.6 Å². The molecule has 5 nitrogen and oxygen atoms in total. The fourth-order valence-corrected chi connectivity index (χ4v) is 8.87. The van der Waals surface area contributed by atoms with Gasteiger partial charge in [0, 0.05) is 13.3 Å². The summed E-state index contributed by atoms with van der Waals surface area (Å²) in [5.74, 6) is 0.478. The lowest BCUT2D eigenvalue weighted by Crippen LogP contribution is -2.50. The molecule has 4 aliphatic carbocycles. The monoisotopic (exact) mass is 530 g/mol. The summed E-state index contributed by atoms with van der Waals surface area (Å²) in [5, 5.41) is 9.94. The van der Waals surface area contributed by atoms with Crippen LogP contribution in [0.1, 0.15) is 77.7 Å². The zero-order valence-corrected chi connectivity index (χ0v) is 23.2. The second-order valence-electron chi connectivity index (χ2n) is 12.6. The third-order valence-electron chi connectivity index (χ3n) is 10.7. The number of allylic oxidation sites excluding steroid dienone is 3. The van der Waals surface area contributed by atoms with E-state index in [2.05, 4.69) is 26.0 Å². The van der Waals surface area contributed by atoms with E-state index in [1.165, 1.54) is 24.6 Å². The van der Waals surface area contributed by atoms with Gasteiger partial charge in [0.25, 0.3) is 5.91 Å². The molecular formula is C33H39FN2O3. The summed E-state index contributed by atoms with van der Waals surface area (Å²) >= 11 is 0. The number of primary amides is 1. The fraction of sp³-hybridized carbons (Fsp3) is 0.545. The number of ether oxygens (including phenoxy) is 1. The summed E-state index contributed by atoms with van der Waals surface area (Å²) in [6.45, 7) is 6.27. The number of rotatable bonds is 5. The normalized spacial score (nSPS) is 36.1. The highest BCUT2D eigenvalue weighted by molar-refractivity contribution is 5.97. The average molecular weight is 531 g/mol. The van der Waals surface area contributed by atoms with E-state index < -0.39 is 5.91 Å². The first kappa shape index (κ1) is 27.4. The van der Waals surface area contributed by atoms with Crippen LogP contribution in [0.25, 0.3) is 6.08 Å². The number of amides is 1. The maximum Gasteiger partial charge on any atom is 0.302 e. The molecule has 4 aliphatic rings. The highest BCUT2D eigenvalue weighted by Crippen LogP contribution is 2.67. The molecule has 1 aromatic rings. The number of nitrogens with two attached hydrogens (primary N) is 1. The smallest absolute Gasteiger partial charge is 0.302 e. The van der Waals surface area contributed by atoms with Gasteiger partial charge in [-0.2, -0.15) is 5.26 Å². The van der Waals surface area contributed by atoms with Crippen LogP contribution >= 0.6 is 0 Å². The fourth-order valence-electron chi connectivity index (χ4n) is 8.87. The molecule has 0 radical (unpaired) electrons. The molecule has 0 unspecified atom stereocenters. The molecule has 0 aromatic heterocycles. The lowest BCUT2D eigenvalue weighted by atomic mass is 9.47. The van der Waals surface area contributed by atoms with Crippen molar-refractivity contribution in [1.82, 2.24) is 0 Å². The van der Waals surface area contributed by atoms with Gasteiger partial charge in [0.2, 0.25) is 0 Å². The van der Waals surface area contributed by atoms with Crippen molar-refractivity contribution >= 4 is 18.0 Å². The Hall–Kier alpha value is -3.20. The van der Waals surface area contributed by atoms with E-state index in [4.69, 9.17) is 10.5 Å². The number of carbonyl (C=O) groups excluding carboxylic acids is 2. The predicted octanol–water partition coefficient (Wildman–Crippen LogP) is 6.66. The first-order valence-corrected chi connectivity index (χ1v) is 14.3. The number of carbonyl (C=O) groups is 2. The van der Waals surface area contributed by atoms with Crippen molar-refractivity contribution in [3.05, 3.63) is 64.5 Å². The molecule has 5 rings (SSSR count). The van der Waals surface area contributed by atoms with Crippen molar-refractivity contribution in [3.8, 4) is 6.07 Å². The van der Waals surface area contributed by atoms with Gasteiger partial charge in [-0.15, -0.1) is 0 Å². The number of esters is 1. The van der Waals surface area contributed by atoms with E-state index >= 15 is 0 Å². The van der Waals surface area contributed by atoms with Crippen LogP contribution in [-0.2, 0) is 14.3 Å². The number of nitriles is 1. The Balaban J connectivity index is 1.44. The maximum absolute atomic E-state index is 13.4. The molecule has 206 valence electrons. The third kappa shape index (κ3) is 4.86. The van der Waals surface area contributed by atoms with E-state index in [0.717, 1.165) is 62.5 Å². The number of halogens is 1. The van der Waals surface area contributed by atoms with Crippen molar-refractivity contribution in [2.24, 2.45) is 40.2 Å². The maximum atomic E-state index is 13.4. The van der Waals surface area contributed by atoms with Gasteiger partial charge in [-0.05, 0) is 103 Å². The topological polar surface area (TPSA) is 93.2 Å². The SMILES string of the molecule is CC(=O)O[C@H]1CC[C@@]2(C)C(=CC[C@H]3[C@@H]4CC[C@H](C(/C=C/c5ccc(F)cc5)=C(\C#N)C(N)=O)[C@@]4(C)CC[C@@H]32)C1. The quantitative estimate of drug-likeness (QED) is 0.152. The van der Waals surface area contributed by atoms with Gasteiger partial charge < -0.3 is 10.5 Å². The molecule has 0 spiro atoms. The van der Waals surface area contributed by atoms with E-state index in [1.807, 2.05) is 12.2 Å². The number of hydrogen-bond acceptors (Lipinski definition) is 4. The first-order chi connectivity index (χ1) is 18.6. The number of benzene rings is 1. The Bertz CT molecular complexity index is 1290. The lowest BCUT2D eigenvalue weighted by molar-refractivity contribution is -0.148. The first-order valence-electron chi connectivity index (χ1n) is 14.3. The van der Waals surface area contributed by atoms with Gasteiger partial charge in [-0.25, -0.2) is 4.39 Å². The van der Waals surface area contributed by atoms with Crippen LogP contribution in [0.5, 0.6) is 0 Å². The second kappa shape index (κ2) is 10.4. The molecule has 3 fully saturated rings. The minimum atomic E-state index is -0.695. The third-order valence-corrected chi connectivity index (χ3v) is 10.7. The molecule has 0 aliphatic heterocycles. The summed E-state index contributed by atoms with van der Waals surface area (Å²) in [6, 6.07) is 8.29. The van der Waals surface area contributed by atoms with E-state index in [9.17, 15) is 19.2 Å². The van der Waals surface area contributed by atoms with E-state index in [-0.39, 0.29) is 40.2 Å². The van der Waals surface area contributed by atoms with Crippen molar-refractivity contribution in [2.75, 3.05) is 0 Å².